The van der Waals surface area contributed by atoms with Crippen LogP contribution in [0.15, 0.2) is 32.7 Å². The Hall–Kier alpha value is -1.58. The number of fused-ring (bicyclic) bond motifs is 1. The normalized spacial score (nSPS) is 17.0. The summed E-state index contributed by atoms with van der Waals surface area (Å²) in [6.07, 6.45) is 3.28. The Bertz CT molecular complexity index is 902. The number of nitrogens with zero attached hydrogens (tertiary/aromatic N) is 3. The molecule has 0 saturated carbocycles. The quantitative estimate of drug-likeness (QED) is 0.721. The number of rotatable bonds is 5. The van der Waals surface area contributed by atoms with Crippen molar-refractivity contribution in [2.24, 2.45) is 0 Å². The molecule has 1 fully saturated rings. The molecule has 7 nitrogen and oxygen atoms in total. The van der Waals surface area contributed by atoms with Crippen LogP contribution >= 0.6 is 11.8 Å². The first-order valence-electron chi connectivity index (χ1n) is 8.57. The molecule has 1 atom stereocenters. The summed E-state index contributed by atoms with van der Waals surface area (Å²) in [7, 11) is -0.559. The summed E-state index contributed by atoms with van der Waals surface area (Å²) >= 11 is 1.26. The standard InChI is InChI=1S/C17H23N3O4S2/c1-12(16(21)20-9-5-4-6-10-20)25-17-18-14-11-13(7-8-15(14)24-17)26(22,23)19(2)3/h7-8,11-12H,4-6,9-10H2,1-3H3/t12-/m0/s1. The minimum atomic E-state index is -3.53. The highest BCUT2D eigenvalue weighted by Gasteiger charge is 2.25. The van der Waals surface area contributed by atoms with E-state index in [9.17, 15) is 13.2 Å². The number of carbonyl (C=O) groups excluding carboxylic acids is 1. The van der Waals surface area contributed by atoms with Gasteiger partial charge in [0.05, 0.1) is 10.1 Å². The number of hydrogen-bond donors (Lipinski definition) is 0. The number of hydrogen-bond acceptors (Lipinski definition) is 6. The van der Waals surface area contributed by atoms with Gasteiger partial charge in [-0.15, -0.1) is 0 Å². The summed E-state index contributed by atoms with van der Waals surface area (Å²) in [5.74, 6) is 0.0906. The molecule has 1 saturated heterocycles. The molecule has 26 heavy (non-hydrogen) atoms. The Morgan fingerprint density at radius 3 is 2.62 bits per heavy atom. The molecule has 0 spiro atoms. The van der Waals surface area contributed by atoms with E-state index in [4.69, 9.17) is 4.42 Å². The summed E-state index contributed by atoms with van der Waals surface area (Å²) in [5, 5.41) is 0.0726. The van der Waals surface area contributed by atoms with Crippen LogP contribution < -0.4 is 0 Å². The molecule has 0 radical (unpaired) electrons. The first kappa shape index (κ1) is 19.2. The highest BCUT2D eigenvalue weighted by atomic mass is 32.2. The zero-order valence-electron chi connectivity index (χ0n) is 15.1. The number of thioether (sulfide) groups is 1. The average molecular weight is 398 g/mol. The van der Waals surface area contributed by atoms with Crippen molar-refractivity contribution in [3.05, 3.63) is 18.2 Å². The monoisotopic (exact) mass is 397 g/mol. The molecule has 0 unspecified atom stereocenters. The lowest BCUT2D eigenvalue weighted by Crippen LogP contribution is -2.40. The maximum atomic E-state index is 12.5. The largest absolute Gasteiger partial charge is 0.431 e. The molecule has 2 heterocycles. The molecule has 1 amide bonds. The van der Waals surface area contributed by atoms with E-state index in [0.29, 0.717) is 16.3 Å². The van der Waals surface area contributed by atoms with Crippen molar-refractivity contribution < 1.29 is 17.6 Å². The molecule has 1 aliphatic heterocycles. The molecular formula is C17H23N3O4S2. The maximum absolute atomic E-state index is 12.5. The summed E-state index contributed by atoms with van der Waals surface area (Å²) < 4.78 is 31.3. The SMILES string of the molecule is C[C@H](Sc1nc2cc(S(=O)(=O)N(C)C)ccc2o1)C(=O)N1CCCCC1. The molecule has 1 aliphatic rings. The first-order valence-corrected chi connectivity index (χ1v) is 10.9. The van der Waals surface area contributed by atoms with E-state index in [1.165, 1.54) is 44.4 Å². The summed E-state index contributed by atoms with van der Waals surface area (Å²) in [6, 6.07) is 4.59. The van der Waals surface area contributed by atoms with Crippen LogP contribution in [-0.2, 0) is 14.8 Å². The molecule has 142 valence electrons. The van der Waals surface area contributed by atoms with Crippen LogP contribution in [0.5, 0.6) is 0 Å². The van der Waals surface area contributed by atoms with E-state index in [1.54, 1.807) is 6.07 Å². The lowest BCUT2D eigenvalue weighted by molar-refractivity contribution is -0.131. The van der Waals surface area contributed by atoms with E-state index in [2.05, 4.69) is 4.98 Å². The summed E-state index contributed by atoms with van der Waals surface area (Å²) in [5.41, 5.74) is 0.968. The third kappa shape index (κ3) is 3.89. The molecule has 9 heteroatoms. The van der Waals surface area contributed by atoms with Gasteiger partial charge in [-0.05, 0) is 44.4 Å². The van der Waals surface area contributed by atoms with Gasteiger partial charge in [0.25, 0.3) is 5.22 Å². The van der Waals surface area contributed by atoms with Crippen molar-refractivity contribution in [3.8, 4) is 0 Å². The Morgan fingerprint density at radius 2 is 1.96 bits per heavy atom. The zero-order chi connectivity index (χ0) is 18.9. The van der Waals surface area contributed by atoms with Gasteiger partial charge in [-0.1, -0.05) is 11.8 Å². The van der Waals surface area contributed by atoms with Gasteiger partial charge in [-0.2, -0.15) is 0 Å². The number of oxazole rings is 1. The van der Waals surface area contributed by atoms with Crippen LogP contribution in [0.4, 0.5) is 0 Å². The lowest BCUT2D eigenvalue weighted by Gasteiger charge is -2.28. The third-order valence-electron chi connectivity index (χ3n) is 4.41. The smallest absolute Gasteiger partial charge is 0.257 e. The average Bonchev–Trinajstić information content (AvgIpc) is 3.02. The van der Waals surface area contributed by atoms with Gasteiger partial charge in [0.15, 0.2) is 5.58 Å². The van der Waals surface area contributed by atoms with Crippen molar-refractivity contribution >= 4 is 38.8 Å². The van der Waals surface area contributed by atoms with Crippen LogP contribution in [0.2, 0.25) is 0 Å². The number of sulfonamides is 1. The van der Waals surface area contributed by atoms with Gasteiger partial charge in [0.2, 0.25) is 15.9 Å². The van der Waals surface area contributed by atoms with Crippen LogP contribution in [0.25, 0.3) is 11.1 Å². The third-order valence-corrected chi connectivity index (χ3v) is 7.15. The minimum Gasteiger partial charge on any atom is -0.431 e. The fourth-order valence-electron chi connectivity index (χ4n) is 2.88. The Labute approximate surface area is 157 Å². The summed E-state index contributed by atoms with van der Waals surface area (Å²) in [4.78, 5) is 18.9. The second-order valence-corrected chi connectivity index (χ2v) is 9.99. The van der Waals surface area contributed by atoms with Crippen molar-refractivity contribution in [2.45, 2.75) is 41.6 Å². The fourth-order valence-corrected chi connectivity index (χ4v) is 4.64. The molecule has 0 bridgehead atoms. The fraction of sp³-hybridized carbons (Fsp3) is 0.529. The molecule has 0 N–H and O–H groups in total. The number of piperidine rings is 1. The number of aromatic nitrogens is 1. The second kappa shape index (κ2) is 7.58. The van der Waals surface area contributed by atoms with Crippen LogP contribution in [0.3, 0.4) is 0 Å². The van der Waals surface area contributed by atoms with Gasteiger partial charge in [0, 0.05) is 27.2 Å². The van der Waals surface area contributed by atoms with Crippen LogP contribution in [-0.4, -0.2) is 60.9 Å². The number of likely N-dealkylation sites (tertiary alicyclic amines) is 1. The topological polar surface area (TPSA) is 83.7 Å². The van der Waals surface area contributed by atoms with Gasteiger partial charge in [-0.3, -0.25) is 4.79 Å². The predicted octanol–water partition coefficient (Wildman–Crippen LogP) is 2.57. The van der Waals surface area contributed by atoms with Crippen molar-refractivity contribution in [2.75, 3.05) is 27.2 Å². The number of amides is 1. The minimum absolute atomic E-state index is 0.0906. The van der Waals surface area contributed by atoms with Gasteiger partial charge in [-0.25, -0.2) is 17.7 Å². The van der Waals surface area contributed by atoms with Crippen LogP contribution in [0, 0.1) is 0 Å². The zero-order valence-corrected chi connectivity index (χ0v) is 16.8. The van der Waals surface area contributed by atoms with Crippen molar-refractivity contribution in [3.63, 3.8) is 0 Å². The number of carbonyl (C=O) groups is 1. The number of benzene rings is 1. The Kier molecular flexibility index (Phi) is 5.59. The summed E-state index contributed by atoms with van der Waals surface area (Å²) in [6.45, 7) is 3.46. The van der Waals surface area contributed by atoms with E-state index in [-0.39, 0.29) is 16.1 Å². The highest BCUT2D eigenvalue weighted by Crippen LogP contribution is 2.29. The van der Waals surface area contributed by atoms with Gasteiger partial charge in [0.1, 0.15) is 5.52 Å². The first-order chi connectivity index (χ1) is 12.3. The molecule has 1 aromatic carbocycles. The molecule has 3 rings (SSSR count). The Balaban J connectivity index is 1.77. The predicted molar refractivity (Wildman–Crippen MR) is 101 cm³/mol. The van der Waals surface area contributed by atoms with E-state index in [1.807, 2.05) is 11.8 Å². The molecular weight excluding hydrogens is 374 g/mol. The molecule has 2 aromatic rings. The van der Waals surface area contributed by atoms with E-state index in [0.717, 1.165) is 30.2 Å². The van der Waals surface area contributed by atoms with E-state index >= 15 is 0 Å². The van der Waals surface area contributed by atoms with Crippen LogP contribution in [0.1, 0.15) is 26.2 Å². The Morgan fingerprint density at radius 1 is 1.27 bits per heavy atom. The van der Waals surface area contributed by atoms with Gasteiger partial charge >= 0.3 is 0 Å². The highest BCUT2D eigenvalue weighted by molar-refractivity contribution is 8.00. The van der Waals surface area contributed by atoms with Crippen molar-refractivity contribution in [1.29, 1.82) is 0 Å². The lowest BCUT2D eigenvalue weighted by atomic mass is 10.1. The van der Waals surface area contributed by atoms with E-state index < -0.39 is 10.0 Å². The van der Waals surface area contributed by atoms with Gasteiger partial charge < -0.3 is 9.32 Å². The molecule has 0 aliphatic carbocycles. The second-order valence-electron chi connectivity index (χ2n) is 6.54. The van der Waals surface area contributed by atoms with Crippen molar-refractivity contribution in [1.82, 2.24) is 14.2 Å². The maximum Gasteiger partial charge on any atom is 0.257 e. The molecule has 1 aromatic heterocycles.